The lowest BCUT2D eigenvalue weighted by Gasteiger charge is -2.34. The molecule has 2 atom stereocenters. The number of nitrogens with two attached hydrogens (primary N) is 1. The van der Waals surface area contributed by atoms with Gasteiger partial charge in [-0.1, -0.05) is 18.5 Å². The van der Waals surface area contributed by atoms with Crippen LogP contribution in [0.5, 0.6) is 11.5 Å². The molecule has 1 aliphatic carbocycles. The summed E-state index contributed by atoms with van der Waals surface area (Å²) in [5.41, 5.74) is 5.18. The third-order valence-corrected chi connectivity index (χ3v) is 5.20. The fourth-order valence-electron chi connectivity index (χ4n) is 3.44. The molecular weight excluding hydrogens is 372 g/mol. The number of hydrogen-bond acceptors (Lipinski definition) is 7. The normalized spacial score (nSPS) is 25.0. The first-order valence-corrected chi connectivity index (χ1v) is 8.62. The number of methoxy groups -OCH3 is 1. The second-order valence-electron chi connectivity index (χ2n) is 6.44. The molecule has 0 unspecified atom stereocenters. The molecule has 7 nitrogen and oxygen atoms in total. The van der Waals surface area contributed by atoms with Crippen molar-refractivity contribution < 1.29 is 24.2 Å². The van der Waals surface area contributed by atoms with Crippen LogP contribution in [-0.2, 0) is 4.79 Å². The van der Waals surface area contributed by atoms with E-state index in [9.17, 15) is 14.7 Å². The molecule has 0 aromatic heterocycles. The zero-order valence-electron chi connectivity index (χ0n) is 15.1. The standard InChI is InChI=1S/C19H19ClN2O5/c1-9-6-10(23)7-14(24)19(9)18(25)15-13(26-3)8-11(12(21)4-5-22-2)16(20)17(15)27-19/h4-5,7-9,24H,6,21H2,1-3H3/t9-,19+/m1/s1. The smallest absolute Gasteiger partial charge is 0.230 e. The van der Waals surface area contributed by atoms with E-state index in [-0.39, 0.29) is 34.3 Å². The van der Waals surface area contributed by atoms with E-state index in [0.29, 0.717) is 11.3 Å². The number of Topliss-reactive ketones (excluding diaryl/α,β-unsaturated/α-hetero) is 1. The van der Waals surface area contributed by atoms with Gasteiger partial charge in [-0.25, -0.2) is 0 Å². The topological polar surface area (TPSA) is 111 Å². The van der Waals surface area contributed by atoms with Crippen LogP contribution in [0.1, 0.15) is 29.3 Å². The molecular formula is C19H19ClN2O5. The van der Waals surface area contributed by atoms with E-state index >= 15 is 0 Å². The Balaban J connectivity index is 2.23. The van der Waals surface area contributed by atoms with Crippen LogP contribution in [-0.4, -0.2) is 42.6 Å². The lowest BCUT2D eigenvalue weighted by molar-refractivity contribution is -0.118. The van der Waals surface area contributed by atoms with Crippen LogP contribution in [0.4, 0.5) is 0 Å². The lowest BCUT2D eigenvalue weighted by atomic mass is 9.75. The zero-order chi connectivity index (χ0) is 19.9. The van der Waals surface area contributed by atoms with E-state index in [1.807, 2.05) is 0 Å². The summed E-state index contributed by atoms with van der Waals surface area (Å²) in [5.74, 6) is -1.51. The molecule has 0 saturated carbocycles. The van der Waals surface area contributed by atoms with Crippen molar-refractivity contribution in [2.45, 2.75) is 18.9 Å². The van der Waals surface area contributed by atoms with E-state index in [0.717, 1.165) is 6.08 Å². The summed E-state index contributed by atoms with van der Waals surface area (Å²) in [4.78, 5) is 28.8. The maximum atomic E-state index is 13.2. The first kappa shape index (κ1) is 19.0. The van der Waals surface area contributed by atoms with Crippen molar-refractivity contribution in [1.82, 2.24) is 0 Å². The van der Waals surface area contributed by atoms with E-state index < -0.39 is 23.1 Å². The Bertz CT molecular complexity index is 935. The lowest BCUT2D eigenvalue weighted by Crippen LogP contribution is -2.51. The van der Waals surface area contributed by atoms with Crippen LogP contribution >= 0.6 is 11.6 Å². The van der Waals surface area contributed by atoms with E-state index in [1.165, 1.54) is 19.4 Å². The fraction of sp³-hybridized carbons (Fsp3) is 0.316. The maximum Gasteiger partial charge on any atom is 0.230 e. The molecule has 1 aromatic rings. The predicted octanol–water partition coefficient (Wildman–Crippen LogP) is 2.71. The molecule has 1 heterocycles. The SMILES string of the molecule is CN=CC=C(N)c1cc(OC)c2c(c1Cl)O[C@]1(C2=O)C(O)=CC(=O)C[C@H]1C. The molecule has 0 bridgehead atoms. The van der Waals surface area contributed by atoms with Gasteiger partial charge in [-0.3, -0.25) is 14.6 Å². The van der Waals surface area contributed by atoms with E-state index in [2.05, 4.69) is 4.99 Å². The number of halogens is 1. The van der Waals surface area contributed by atoms with Gasteiger partial charge in [0.15, 0.2) is 11.5 Å². The Kier molecular flexibility index (Phi) is 4.73. The van der Waals surface area contributed by atoms with Crippen LogP contribution in [0.2, 0.25) is 5.02 Å². The average molecular weight is 391 g/mol. The van der Waals surface area contributed by atoms with Gasteiger partial charge in [0, 0.05) is 42.9 Å². The molecule has 0 amide bonds. The molecule has 1 aliphatic heterocycles. The monoisotopic (exact) mass is 390 g/mol. The molecule has 2 aliphatic rings. The highest BCUT2D eigenvalue weighted by Crippen LogP contribution is 2.52. The summed E-state index contributed by atoms with van der Waals surface area (Å²) in [5, 5.41) is 10.6. The molecule has 3 rings (SSSR count). The Morgan fingerprint density at radius 2 is 2.22 bits per heavy atom. The maximum absolute atomic E-state index is 13.2. The highest BCUT2D eigenvalue weighted by molar-refractivity contribution is 6.35. The van der Waals surface area contributed by atoms with Gasteiger partial charge in [0.25, 0.3) is 0 Å². The summed E-state index contributed by atoms with van der Waals surface area (Å²) in [6.07, 6.45) is 4.14. The van der Waals surface area contributed by atoms with Crippen molar-refractivity contribution in [3.05, 3.63) is 40.1 Å². The Hall–Kier alpha value is -2.80. The van der Waals surface area contributed by atoms with E-state index in [4.69, 9.17) is 26.8 Å². The highest BCUT2D eigenvalue weighted by Gasteiger charge is 2.59. The van der Waals surface area contributed by atoms with Gasteiger partial charge in [-0.05, 0) is 12.1 Å². The largest absolute Gasteiger partial charge is 0.507 e. The number of allylic oxidation sites excluding steroid dienone is 2. The van der Waals surface area contributed by atoms with Crippen molar-refractivity contribution in [2.24, 2.45) is 16.6 Å². The zero-order valence-corrected chi connectivity index (χ0v) is 15.8. The first-order valence-electron chi connectivity index (χ1n) is 8.24. The van der Waals surface area contributed by atoms with Crippen molar-refractivity contribution in [1.29, 1.82) is 0 Å². The Morgan fingerprint density at radius 3 is 2.81 bits per heavy atom. The first-order chi connectivity index (χ1) is 12.8. The minimum atomic E-state index is -1.70. The van der Waals surface area contributed by atoms with Gasteiger partial charge in [0.05, 0.1) is 12.1 Å². The number of ketones is 2. The third-order valence-electron chi connectivity index (χ3n) is 4.83. The van der Waals surface area contributed by atoms with Gasteiger partial charge in [0.1, 0.15) is 17.1 Å². The predicted molar refractivity (Wildman–Crippen MR) is 102 cm³/mol. The second-order valence-corrected chi connectivity index (χ2v) is 6.82. The minimum Gasteiger partial charge on any atom is -0.507 e. The molecule has 0 radical (unpaired) electrons. The van der Waals surface area contributed by atoms with Crippen LogP contribution in [0, 0.1) is 5.92 Å². The average Bonchev–Trinajstić information content (AvgIpc) is 2.94. The minimum absolute atomic E-state index is 0.0611. The van der Waals surface area contributed by atoms with Gasteiger partial charge in [-0.15, -0.1) is 0 Å². The summed E-state index contributed by atoms with van der Waals surface area (Å²) < 4.78 is 11.3. The number of aliphatic hydroxyl groups excluding tert-OH is 1. The molecule has 8 heteroatoms. The number of carbonyl (C=O) groups excluding carboxylic acids is 2. The molecule has 142 valence electrons. The molecule has 0 fully saturated rings. The fourth-order valence-corrected chi connectivity index (χ4v) is 3.74. The Morgan fingerprint density at radius 1 is 1.52 bits per heavy atom. The number of rotatable bonds is 3. The van der Waals surface area contributed by atoms with Gasteiger partial charge in [-0.2, -0.15) is 0 Å². The summed E-state index contributed by atoms with van der Waals surface area (Å²) in [6, 6.07) is 1.54. The second kappa shape index (κ2) is 6.74. The number of aliphatic imine (C=N–C) groups is 1. The number of ether oxygens (including phenoxy) is 2. The third kappa shape index (κ3) is 2.70. The van der Waals surface area contributed by atoms with Crippen LogP contribution in [0.15, 0.2) is 29.0 Å². The number of fused-ring (bicyclic) bond motifs is 1. The number of carbonyl (C=O) groups is 2. The van der Waals surface area contributed by atoms with Crippen LogP contribution < -0.4 is 15.2 Å². The molecule has 3 N–H and O–H groups in total. The van der Waals surface area contributed by atoms with Crippen molar-refractivity contribution in [3.8, 4) is 11.5 Å². The molecule has 27 heavy (non-hydrogen) atoms. The van der Waals surface area contributed by atoms with Crippen molar-refractivity contribution >= 4 is 35.1 Å². The summed E-state index contributed by atoms with van der Waals surface area (Å²) in [6.45, 7) is 1.66. The quantitative estimate of drug-likeness (QED) is 0.767. The molecule has 1 aromatic carbocycles. The van der Waals surface area contributed by atoms with Gasteiger partial charge >= 0.3 is 0 Å². The number of aliphatic hydroxyl groups is 1. The number of hydrogen-bond donors (Lipinski definition) is 2. The van der Waals surface area contributed by atoms with Gasteiger partial charge < -0.3 is 20.3 Å². The highest BCUT2D eigenvalue weighted by atomic mass is 35.5. The molecule has 0 saturated heterocycles. The van der Waals surface area contributed by atoms with E-state index in [1.54, 1.807) is 20.0 Å². The number of benzene rings is 1. The van der Waals surface area contributed by atoms with Crippen LogP contribution in [0.3, 0.4) is 0 Å². The number of nitrogens with zero attached hydrogens (tertiary/aromatic N) is 1. The summed E-state index contributed by atoms with van der Waals surface area (Å²) in [7, 11) is 3.00. The summed E-state index contributed by atoms with van der Waals surface area (Å²) >= 11 is 6.48. The Labute approximate surface area is 161 Å². The van der Waals surface area contributed by atoms with Gasteiger partial charge in [0.2, 0.25) is 11.4 Å². The van der Waals surface area contributed by atoms with Crippen molar-refractivity contribution in [3.63, 3.8) is 0 Å². The van der Waals surface area contributed by atoms with Crippen LogP contribution in [0.25, 0.3) is 5.70 Å². The van der Waals surface area contributed by atoms with Crippen molar-refractivity contribution in [2.75, 3.05) is 14.2 Å². The molecule has 1 spiro atoms.